The van der Waals surface area contributed by atoms with Gasteiger partial charge in [0.25, 0.3) is 0 Å². The summed E-state index contributed by atoms with van der Waals surface area (Å²) in [5.41, 5.74) is 0. The maximum atomic E-state index is 5.52. The number of ether oxygens (including phenoxy) is 1. The molecule has 0 atom stereocenters. The number of guanidine groups is 1. The number of hydrogen-bond acceptors (Lipinski definition) is 3. The number of rotatable bonds is 7. The van der Waals surface area contributed by atoms with Crippen molar-refractivity contribution in [1.29, 1.82) is 0 Å². The third kappa shape index (κ3) is 5.09. The molecule has 5 nitrogen and oxygen atoms in total. The molecule has 0 aromatic carbocycles. The maximum Gasteiger partial charge on any atom is 0.191 e. The Hall–Kier alpha value is -1.75. The number of furan rings is 1. The normalized spacial score (nSPS) is 15.8. The smallest absolute Gasteiger partial charge is 0.191 e. The van der Waals surface area contributed by atoms with Gasteiger partial charge >= 0.3 is 0 Å². The summed E-state index contributed by atoms with van der Waals surface area (Å²) < 4.78 is 10.7. The van der Waals surface area contributed by atoms with Gasteiger partial charge < -0.3 is 19.8 Å². The van der Waals surface area contributed by atoms with Crippen molar-refractivity contribution in [1.82, 2.24) is 10.6 Å². The van der Waals surface area contributed by atoms with E-state index in [1.165, 1.54) is 0 Å². The molecule has 1 aromatic heterocycles. The van der Waals surface area contributed by atoms with E-state index in [4.69, 9.17) is 9.15 Å². The van der Waals surface area contributed by atoms with E-state index in [0.29, 0.717) is 19.3 Å². The molecule has 0 unspecified atom stereocenters. The van der Waals surface area contributed by atoms with Crippen molar-refractivity contribution in [3.8, 4) is 0 Å². The van der Waals surface area contributed by atoms with Gasteiger partial charge in [0, 0.05) is 26.2 Å². The fourth-order valence-electron chi connectivity index (χ4n) is 2.07. The Bertz CT molecular complexity index is 418. The molecular formula is C15H23N3O2. The Kier molecular flexibility index (Phi) is 6.17. The Balaban J connectivity index is 1.50. The number of aliphatic imine (C=N–C) groups is 1. The highest BCUT2D eigenvalue weighted by molar-refractivity contribution is 5.80. The lowest BCUT2D eigenvalue weighted by Gasteiger charge is -2.16. The highest BCUT2D eigenvalue weighted by atomic mass is 16.5. The lowest BCUT2D eigenvalue weighted by Crippen LogP contribution is -2.42. The quantitative estimate of drug-likeness (QED) is 0.347. The average molecular weight is 277 g/mol. The number of nitrogens with one attached hydrogen (secondary N) is 2. The molecule has 1 aliphatic carbocycles. The van der Waals surface area contributed by atoms with Crippen molar-refractivity contribution in [2.45, 2.75) is 31.9 Å². The fraction of sp³-hybridized carbons (Fsp3) is 0.533. The van der Waals surface area contributed by atoms with E-state index in [-0.39, 0.29) is 0 Å². The number of nitrogens with zero attached hydrogens (tertiary/aromatic N) is 1. The van der Waals surface area contributed by atoms with Crippen LogP contribution < -0.4 is 10.6 Å². The van der Waals surface area contributed by atoms with E-state index in [1.807, 2.05) is 12.1 Å². The van der Waals surface area contributed by atoms with Crippen LogP contribution in [0.15, 0.2) is 40.0 Å². The Morgan fingerprint density at radius 1 is 1.45 bits per heavy atom. The molecule has 0 aliphatic heterocycles. The molecule has 1 aromatic rings. The molecule has 2 N–H and O–H groups in total. The molecule has 0 fully saturated rings. The molecular weight excluding hydrogens is 254 g/mol. The minimum absolute atomic E-state index is 0.483. The van der Waals surface area contributed by atoms with Gasteiger partial charge in [-0.1, -0.05) is 12.2 Å². The van der Waals surface area contributed by atoms with Crippen molar-refractivity contribution < 1.29 is 9.15 Å². The van der Waals surface area contributed by atoms with E-state index >= 15 is 0 Å². The summed E-state index contributed by atoms with van der Waals surface area (Å²) in [7, 11) is 1.80. The molecule has 0 spiro atoms. The van der Waals surface area contributed by atoms with Gasteiger partial charge in [-0.15, -0.1) is 0 Å². The molecule has 1 heterocycles. The minimum Gasteiger partial charge on any atom is -0.467 e. The van der Waals surface area contributed by atoms with E-state index in [2.05, 4.69) is 27.8 Å². The van der Waals surface area contributed by atoms with Crippen molar-refractivity contribution in [2.75, 3.05) is 20.2 Å². The summed E-state index contributed by atoms with van der Waals surface area (Å²) in [6, 6.07) is 4.27. The average Bonchev–Trinajstić information content (AvgIpc) is 3.14. The first-order chi connectivity index (χ1) is 9.88. The van der Waals surface area contributed by atoms with Crippen LogP contribution in [0.25, 0.3) is 0 Å². The summed E-state index contributed by atoms with van der Waals surface area (Å²) in [6.45, 7) is 2.08. The van der Waals surface area contributed by atoms with Gasteiger partial charge in [0.1, 0.15) is 12.4 Å². The SMILES string of the molecule is CN=C(NCCCOCc1ccco1)NC1CC=CC1. The van der Waals surface area contributed by atoms with E-state index in [9.17, 15) is 0 Å². The molecule has 0 bridgehead atoms. The summed E-state index contributed by atoms with van der Waals surface area (Å²) in [4.78, 5) is 4.22. The van der Waals surface area contributed by atoms with Crippen molar-refractivity contribution in [3.63, 3.8) is 0 Å². The fourth-order valence-corrected chi connectivity index (χ4v) is 2.07. The molecule has 2 rings (SSSR count). The van der Waals surface area contributed by atoms with Crippen LogP contribution in [0.4, 0.5) is 0 Å². The number of hydrogen-bond donors (Lipinski definition) is 2. The van der Waals surface area contributed by atoms with Gasteiger partial charge in [-0.3, -0.25) is 4.99 Å². The van der Waals surface area contributed by atoms with Crippen LogP contribution in [-0.4, -0.2) is 32.2 Å². The Morgan fingerprint density at radius 3 is 3.00 bits per heavy atom. The van der Waals surface area contributed by atoms with Crippen LogP contribution in [0, 0.1) is 0 Å². The first-order valence-corrected chi connectivity index (χ1v) is 7.11. The molecule has 20 heavy (non-hydrogen) atoms. The van der Waals surface area contributed by atoms with Crippen LogP contribution in [0.1, 0.15) is 25.0 Å². The minimum atomic E-state index is 0.483. The molecule has 5 heteroatoms. The zero-order valence-electron chi connectivity index (χ0n) is 12.0. The summed E-state index contributed by atoms with van der Waals surface area (Å²) in [5.74, 6) is 1.73. The summed E-state index contributed by atoms with van der Waals surface area (Å²) >= 11 is 0. The third-order valence-corrected chi connectivity index (χ3v) is 3.15. The maximum absolute atomic E-state index is 5.52. The van der Waals surface area contributed by atoms with Crippen molar-refractivity contribution >= 4 is 5.96 Å². The van der Waals surface area contributed by atoms with E-state index in [1.54, 1.807) is 13.3 Å². The molecule has 110 valence electrons. The highest BCUT2D eigenvalue weighted by Gasteiger charge is 2.10. The summed E-state index contributed by atoms with van der Waals surface area (Å²) in [6.07, 6.45) is 9.15. The van der Waals surface area contributed by atoms with Gasteiger partial charge in [-0.2, -0.15) is 0 Å². The molecule has 0 saturated heterocycles. The Labute approximate surface area is 120 Å². The van der Waals surface area contributed by atoms with Gasteiger partial charge in [0.15, 0.2) is 5.96 Å². The standard InChI is InChI=1S/C15H23N3O2/c1-16-15(18-13-6-2-3-7-13)17-9-5-10-19-12-14-8-4-11-20-14/h2-4,8,11,13H,5-7,9-10,12H2,1H3,(H2,16,17,18). The zero-order valence-corrected chi connectivity index (χ0v) is 12.0. The van der Waals surface area contributed by atoms with Gasteiger partial charge in [0.05, 0.1) is 6.26 Å². The first kappa shape index (κ1) is 14.7. The first-order valence-electron chi connectivity index (χ1n) is 7.11. The van der Waals surface area contributed by atoms with Gasteiger partial charge in [0.2, 0.25) is 0 Å². The predicted octanol–water partition coefficient (Wildman–Crippen LogP) is 2.07. The second-order valence-corrected chi connectivity index (χ2v) is 4.77. The van der Waals surface area contributed by atoms with Crippen LogP contribution >= 0.6 is 0 Å². The van der Waals surface area contributed by atoms with Crippen LogP contribution in [0.2, 0.25) is 0 Å². The van der Waals surface area contributed by atoms with Crippen LogP contribution in [0.5, 0.6) is 0 Å². The highest BCUT2D eigenvalue weighted by Crippen LogP contribution is 2.08. The van der Waals surface area contributed by atoms with Crippen molar-refractivity contribution in [2.24, 2.45) is 4.99 Å². The zero-order chi connectivity index (χ0) is 14.0. The second kappa shape index (κ2) is 8.43. The molecule has 1 aliphatic rings. The molecule has 0 radical (unpaired) electrons. The van der Waals surface area contributed by atoms with Gasteiger partial charge in [-0.05, 0) is 31.4 Å². The molecule has 0 saturated carbocycles. The largest absolute Gasteiger partial charge is 0.467 e. The second-order valence-electron chi connectivity index (χ2n) is 4.77. The van der Waals surface area contributed by atoms with Gasteiger partial charge in [-0.25, -0.2) is 0 Å². The van der Waals surface area contributed by atoms with E-state index in [0.717, 1.165) is 37.5 Å². The third-order valence-electron chi connectivity index (χ3n) is 3.15. The van der Waals surface area contributed by atoms with Crippen molar-refractivity contribution in [3.05, 3.63) is 36.3 Å². The van der Waals surface area contributed by atoms with Crippen LogP contribution in [-0.2, 0) is 11.3 Å². The monoisotopic (exact) mass is 277 g/mol. The van der Waals surface area contributed by atoms with Crippen LogP contribution in [0.3, 0.4) is 0 Å². The Morgan fingerprint density at radius 2 is 2.30 bits per heavy atom. The topological polar surface area (TPSA) is 58.8 Å². The lowest BCUT2D eigenvalue weighted by molar-refractivity contribution is 0.105. The lowest BCUT2D eigenvalue weighted by atomic mass is 10.2. The summed E-state index contributed by atoms with van der Waals surface area (Å²) in [5, 5.41) is 6.70. The van der Waals surface area contributed by atoms with E-state index < -0.39 is 0 Å². The predicted molar refractivity (Wildman–Crippen MR) is 79.6 cm³/mol. The molecule has 0 amide bonds.